The van der Waals surface area contributed by atoms with Crippen LogP contribution in [0.15, 0.2) is 35.0 Å². The summed E-state index contributed by atoms with van der Waals surface area (Å²) in [6.07, 6.45) is 5.52. The Morgan fingerprint density at radius 3 is 2.97 bits per heavy atom. The van der Waals surface area contributed by atoms with E-state index in [-0.39, 0.29) is 17.7 Å². The van der Waals surface area contributed by atoms with Gasteiger partial charge in [0.25, 0.3) is 0 Å². The monoisotopic (exact) mass is 423 g/mol. The number of hydrogen-bond donors (Lipinski definition) is 1. The van der Waals surface area contributed by atoms with Gasteiger partial charge in [-0.25, -0.2) is 9.50 Å². The summed E-state index contributed by atoms with van der Waals surface area (Å²) >= 11 is 6.30. The van der Waals surface area contributed by atoms with E-state index < -0.39 is 6.04 Å². The van der Waals surface area contributed by atoms with Crippen LogP contribution in [-0.4, -0.2) is 47.1 Å². The van der Waals surface area contributed by atoms with E-state index in [1.165, 1.54) is 0 Å². The summed E-state index contributed by atoms with van der Waals surface area (Å²) in [4.78, 5) is 22.7. The highest BCUT2D eigenvalue weighted by atomic mass is 35.5. The lowest BCUT2D eigenvalue weighted by Crippen LogP contribution is -2.41. The van der Waals surface area contributed by atoms with E-state index in [0.29, 0.717) is 29.7 Å². The van der Waals surface area contributed by atoms with Crippen molar-refractivity contribution in [3.63, 3.8) is 0 Å². The molecular formula is C20H18ClN7O2. The standard InChI is InChI=1S/C20H18ClN7O2/c21-15-6-2-5-12-9-14(26-28(12)15)17-16-13(22-10-23-16)7-8-27(17)20(29)19-25-24-18(30-19)11-3-1-4-11/h2,5-6,9-11,17H,1,3-4,7-8H2,(H,22,23). The SMILES string of the molecule is O=C(c1nnc(C2CCC2)o1)N1CCc2[nH]cnc2C1c1cc2cccc(Cl)n2n1. The molecule has 5 heterocycles. The van der Waals surface area contributed by atoms with Crippen LogP contribution < -0.4 is 0 Å². The van der Waals surface area contributed by atoms with Gasteiger partial charge in [0.1, 0.15) is 11.2 Å². The normalized spacial score (nSPS) is 19.1. The number of hydrogen-bond acceptors (Lipinski definition) is 6. The van der Waals surface area contributed by atoms with E-state index in [1.54, 1.807) is 21.8 Å². The lowest BCUT2D eigenvalue weighted by Gasteiger charge is -2.32. The van der Waals surface area contributed by atoms with Crippen LogP contribution in [0.5, 0.6) is 0 Å². The number of amides is 1. The Hall–Kier alpha value is -3.20. The second-order valence-electron chi connectivity index (χ2n) is 7.75. The Morgan fingerprint density at radius 2 is 2.17 bits per heavy atom. The molecule has 0 aromatic carbocycles. The van der Waals surface area contributed by atoms with Crippen LogP contribution in [0.3, 0.4) is 0 Å². The number of aromatic amines is 1. The number of H-pyrrole nitrogens is 1. The fourth-order valence-corrected chi connectivity index (χ4v) is 4.40. The number of aromatic nitrogens is 6. The summed E-state index contributed by atoms with van der Waals surface area (Å²) in [5.41, 5.74) is 3.29. The maximum atomic E-state index is 13.4. The van der Waals surface area contributed by atoms with E-state index in [4.69, 9.17) is 16.0 Å². The van der Waals surface area contributed by atoms with Crippen LogP contribution in [0.1, 0.15) is 64.9 Å². The first-order valence-electron chi connectivity index (χ1n) is 10.00. The first-order chi connectivity index (χ1) is 14.7. The minimum Gasteiger partial charge on any atom is -0.417 e. The van der Waals surface area contributed by atoms with Gasteiger partial charge < -0.3 is 14.3 Å². The number of carbonyl (C=O) groups excluding carboxylic acids is 1. The molecule has 1 N–H and O–H groups in total. The molecular weight excluding hydrogens is 406 g/mol. The zero-order valence-corrected chi connectivity index (χ0v) is 16.7. The molecule has 1 atom stereocenters. The molecule has 152 valence electrons. The zero-order valence-electron chi connectivity index (χ0n) is 16.0. The molecule has 1 aliphatic carbocycles. The van der Waals surface area contributed by atoms with Crippen LogP contribution in [0.25, 0.3) is 5.52 Å². The largest absolute Gasteiger partial charge is 0.417 e. The molecule has 0 bridgehead atoms. The van der Waals surface area contributed by atoms with Crippen molar-refractivity contribution < 1.29 is 9.21 Å². The van der Waals surface area contributed by atoms with E-state index >= 15 is 0 Å². The Balaban J connectivity index is 1.41. The molecule has 1 amide bonds. The second kappa shape index (κ2) is 6.66. The number of pyridine rings is 1. The van der Waals surface area contributed by atoms with Crippen LogP contribution in [0.4, 0.5) is 0 Å². The first-order valence-corrected chi connectivity index (χ1v) is 10.4. The molecule has 1 aliphatic heterocycles. The van der Waals surface area contributed by atoms with Gasteiger partial charge in [0.05, 0.1) is 23.2 Å². The lowest BCUT2D eigenvalue weighted by molar-refractivity contribution is 0.0642. The molecule has 1 fully saturated rings. The second-order valence-corrected chi connectivity index (χ2v) is 8.13. The number of imidazole rings is 1. The van der Waals surface area contributed by atoms with Crippen molar-refractivity contribution in [1.29, 1.82) is 0 Å². The van der Waals surface area contributed by atoms with E-state index in [2.05, 4.69) is 25.3 Å². The maximum Gasteiger partial charge on any atom is 0.312 e. The number of carbonyl (C=O) groups is 1. The molecule has 4 aromatic rings. The number of rotatable bonds is 3. The van der Waals surface area contributed by atoms with Crippen LogP contribution in [-0.2, 0) is 6.42 Å². The van der Waals surface area contributed by atoms with Gasteiger partial charge in [-0.1, -0.05) is 24.1 Å². The molecule has 6 rings (SSSR count). The Labute approximate surface area is 176 Å². The van der Waals surface area contributed by atoms with Crippen LogP contribution in [0, 0.1) is 0 Å². The molecule has 4 aromatic heterocycles. The third-order valence-electron chi connectivity index (χ3n) is 6.00. The summed E-state index contributed by atoms with van der Waals surface area (Å²) in [6, 6.07) is 7.02. The fourth-order valence-electron chi connectivity index (χ4n) is 4.19. The number of nitrogens with one attached hydrogen (secondary N) is 1. The van der Waals surface area contributed by atoms with Crippen LogP contribution in [0.2, 0.25) is 5.15 Å². The third-order valence-corrected chi connectivity index (χ3v) is 6.29. The molecule has 1 unspecified atom stereocenters. The number of fused-ring (bicyclic) bond motifs is 2. The molecule has 0 spiro atoms. The number of halogens is 1. The van der Waals surface area contributed by atoms with Gasteiger partial charge in [0.15, 0.2) is 0 Å². The van der Waals surface area contributed by atoms with Gasteiger partial charge in [-0.3, -0.25) is 4.79 Å². The average Bonchev–Trinajstić information content (AvgIpc) is 3.44. The van der Waals surface area contributed by atoms with Crippen molar-refractivity contribution >= 4 is 23.0 Å². The summed E-state index contributed by atoms with van der Waals surface area (Å²) in [6.45, 7) is 0.488. The molecule has 10 heteroatoms. The third kappa shape index (κ3) is 2.65. The predicted octanol–water partition coefficient (Wildman–Crippen LogP) is 3.15. The average molecular weight is 424 g/mol. The smallest absolute Gasteiger partial charge is 0.312 e. The fraction of sp³-hybridized carbons (Fsp3) is 0.350. The molecule has 2 aliphatic rings. The Kier molecular flexibility index (Phi) is 3.92. The molecule has 9 nitrogen and oxygen atoms in total. The molecule has 0 saturated heterocycles. The van der Waals surface area contributed by atoms with Gasteiger partial charge in [-0.05, 0) is 31.0 Å². The zero-order chi connectivity index (χ0) is 20.2. The highest BCUT2D eigenvalue weighted by Gasteiger charge is 2.38. The Morgan fingerprint density at radius 1 is 1.27 bits per heavy atom. The molecule has 0 radical (unpaired) electrons. The minimum absolute atomic E-state index is 0.0164. The summed E-state index contributed by atoms with van der Waals surface area (Å²) in [5, 5.41) is 13.3. The van der Waals surface area contributed by atoms with Crippen molar-refractivity contribution in [2.75, 3.05) is 6.54 Å². The van der Waals surface area contributed by atoms with E-state index in [1.807, 2.05) is 18.2 Å². The molecule has 30 heavy (non-hydrogen) atoms. The lowest BCUT2D eigenvalue weighted by atomic mass is 9.85. The van der Waals surface area contributed by atoms with Crippen LogP contribution >= 0.6 is 11.6 Å². The number of nitrogens with zero attached hydrogens (tertiary/aromatic N) is 6. The summed E-state index contributed by atoms with van der Waals surface area (Å²) in [5.74, 6) is 0.533. The van der Waals surface area contributed by atoms with Crippen molar-refractivity contribution in [2.45, 2.75) is 37.6 Å². The minimum atomic E-state index is -0.470. The summed E-state index contributed by atoms with van der Waals surface area (Å²) < 4.78 is 7.40. The van der Waals surface area contributed by atoms with Crippen molar-refractivity contribution in [3.05, 3.63) is 64.6 Å². The van der Waals surface area contributed by atoms with E-state index in [9.17, 15) is 4.79 Å². The van der Waals surface area contributed by atoms with Gasteiger partial charge in [-0.2, -0.15) is 5.10 Å². The Bertz CT molecular complexity index is 1260. The predicted molar refractivity (Wildman–Crippen MR) is 106 cm³/mol. The summed E-state index contributed by atoms with van der Waals surface area (Å²) in [7, 11) is 0. The van der Waals surface area contributed by atoms with Gasteiger partial charge in [-0.15, -0.1) is 10.2 Å². The maximum absolute atomic E-state index is 13.4. The van der Waals surface area contributed by atoms with Crippen molar-refractivity contribution in [1.82, 2.24) is 34.7 Å². The topological polar surface area (TPSA) is 105 Å². The van der Waals surface area contributed by atoms with Crippen molar-refractivity contribution in [3.8, 4) is 0 Å². The van der Waals surface area contributed by atoms with Gasteiger partial charge >= 0.3 is 11.8 Å². The quantitative estimate of drug-likeness (QED) is 0.507. The van der Waals surface area contributed by atoms with Crippen molar-refractivity contribution in [2.24, 2.45) is 0 Å². The van der Waals surface area contributed by atoms with E-state index in [0.717, 1.165) is 36.2 Å². The highest BCUT2D eigenvalue weighted by molar-refractivity contribution is 6.29. The highest BCUT2D eigenvalue weighted by Crippen LogP contribution is 2.37. The first kappa shape index (κ1) is 17.6. The van der Waals surface area contributed by atoms with Gasteiger partial charge in [0, 0.05) is 24.6 Å². The van der Waals surface area contributed by atoms with Gasteiger partial charge in [0.2, 0.25) is 5.89 Å². The molecule has 1 saturated carbocycles.